The molecule has 6 nitrogen and oxygen atoms in total. The van der Waals surface area contributed by atoms with Gasteiger partial charge >= 0.3 is 0 Å². The minimum absolute atomic E-state index is 0.135. The van der Waals surface area contributed by atoms with Gasteiger partial charge in [0, 0.05) is 16.4 Å². The van der Waals surface area contributed by atoms with Gasteiger partial charge in [0.05, 0.1) is 5.75 Å². The summed E-state index contributed by atoms with van der Waals surface area (Å²) in [4.78, 5) is 12.7. The summed E-state index contributed by atoms with van der Waals surface area (Å²) in [6, 6.07) is 23.3. The van der Waals surface area contributed by atoms with E-state index < -0.39 is 0 Å². The zero-order valence-corrected chi connectivity index (χ0v) is 22.3. The molecule has 0 aliphatic carbocycles. The van der Waals surface area contributed by atoms with Gasteiger partial charge in [-0.3, -0.25) is 9.36 Å². The van der Waals surface area contributed by atoms with Crippen LogP contribution in [0.15, 0.2) is 78.0 Å². The number of carbonyl (C=O) groups excluding carboxylic acids is 1. The lowest BCUT2D eigenvalue weighted by molar-refractivity contribution is -0.113. The van der Waals surface area contributed by atoms with E-state index in [0.717, 1.165) is 22.7 Å². The van der Waals surface area contributed by atoms with Crippen molar-refractivity contribution in [1.29, 1.82) is 0 Å². The lowest BCUT2D eigenvalue weighted by atomic mass is 10.0. The predicted octanol–water partition coefficient (Wildman–Crippen LogP) is 7.22. The molecular weight excluding hydrogens is 492 g/mol. The average Bonchev–Trinajstić information content (AvgIpc) is 3.29. The first-order valence-corrected chi connectivity index (χ1v) is 13.1. The first-order chi connectivity index (χ1) is 17.3. The van der Waals surface area contributed by atoms with Crippen molar-refractivity contribution in [3.8, 4) is 11.4 Å². The number of halogens is 1. The molecule has 1 atom stereocenters. The number of ether oxygens (including phenoxy) is 1. The molecule has 0 fully saturated rings. The predicted molar refractivity (Wildman–Crippen MR) is 146 cm³/mol. The summed E-state index contributed by atoms with van der Waals surface area (Å²) in [7, 11) is 0. The van der Waals surface area contributed by atoms with Crippen molar-refractivity contribution in [3.63, 3.8) is 0 Å². The van der Waals surface area contributed by atoms with Crippen LogP contribution < -0.4 is 10.1 Å². The Morgan fingerprint density at radius 1 is 1.03 bits per heavy atom. The van der Waals surface area contributed by atoms with Crippen LogP contribution in [0.5, 0.6) is 5.75 Å². The van der Waals surface area contributed by atoms with Gasteiger partial charge < -0.3 is 10.1 Å². The minimum Gasteiger partial charge on any atom is -0.483 e. The lowest BCUT2D eigenvalue weighted by Gasteiger charge is -2.17. The summed E-state index contributed by atoms with van der Waals surface area (Å²) in [6.07, 6.45) is -0.359. The monoisotopic (exact) mass is 520 g/mol. The number of nitrogens with one attached hydrogen (secondary N) is 1. The fraction of sp³-hybridized carbons (Fsp3) is 0.250. The van der Waals surface area contributed by atoms with Gasteiger partial charge in [-0.15, -0.1) is 10.2 Å². The van der Waals surface area contributed by atoms with Crippen molar-refractivity contribution in [3.05, 3.63) is 94.8 Å². The highest BCUT2D eigenvalue weighted by Crippen LogP contribution is 2.29. The third kappa shape index (κ3) is 6.28. The molecule has 0 aliphatic heterocycles. The fourth-order valence-electron chi connectivity index (χ4n) is 3.73. The number of rotatable bonds is 9. The Morgan fingerprint density at radius 3 is 2.42 bits per heavy atom. The summed E-state index contributed by atoms with van der Waals surface area (Å²) in [6.45, 7) is 8.18. The number of carbonyl (C=O) groups is 1. The maximum atomic E-state index is 12.7. The maximum absolute atomic E-state index is 12.7. The standard InChI is InChI=1S/C28H29ClN4O2S/c1-18(2)21-10-13-24(14-11-21)35-20(4)27-31-32-28(33(27)23-8-6-5-7-9-23)36-17-26(34)30-25-15-12-22(29)16-19(25)3/h5-16,18,20H,17H2,1-4H3,(H,30,34). The van der Waals surface area contributed by atoms with Gasteiger partial charge in [0.2, 0.25) is 5.91 Å². The zero-order chi connectivity index (χ0) is 25.7. The Morgan fingerprint density at radius 2 is 1.75 bits per heavy atom. The van der Waals surface area contributed by atoms with Crippen molar-refractivity contribution in [2.75, 3.05) is 11.1 Å². The Hall–Kier alpha value is -3.29. The lowest BCUT2D eigenvalue weighted by Crippen LogP contribution is -2.16. The first-order valence-electron chi connectivity index (χ1n) is 11.8. The quantitative estimate of drug-likeness (QED) is 0.236. The number of anilines is 1. The number of thioether (sulfide) groups is 1. The molecule has 186 valence electrons. The number of benzene rings is 3. The SMILES string of the molecule is Cc1cc(Cl)ccc1NC(=O)CSc1nnc(C(C)Oc2ccc(C(C)C)cc2)n1-c1ccccc1. The van der Waals surface area contributed by atoms with Crippen LogP contribution in [-0.2, 0) is 4.79 Å². The Balaban J connectivity index is 1.52. The molecule has 1 heterocycles. The molecule has 0 saturated carbocycles. The van der Waals surface area contributed by atoms with E-state index in [1.165, 1.54) is 17.3 Å². The average molecular weight is 521 g/mol. The van der Waals surface area contributed by atoms with Crippen LogP contribution in [-0.4, -0.2) is 26.4 Å². The van der Waals surface area contributed by atoms with Gasteiger partial charge in [0.15, 0.2) is 17.1 Å². The number of amides is 1. The van der Waals surface area contributed by atoms with Crippen LogP contribution in [0, 0.1) is 6.92 Å². The Bertz CT molecular complexity index is 1320. The van der Waals surface area contributed by atoms with E-state index in [4.69, 9.17) is 16.3 Å². The number of hydrogen-bond acceptors (Lipinski definition) is 5. The fourth-order valence-corrected chi connectivity index (χ4v) is 4.72. The van der Waals surface area contributed by atoms with Gasteiger partial charge in [-0.2, -0.15) is 0 Å². The van der Waals surface area contributed by atoms with Crippen LogP contribution in [0.2, 0.25) is 5.02 Å². The normalized spacial score (nSPS) is 11.9. The van der Waals surface area contributed by atoms with Crippen LogP contribution in [0.4, 0.5) is 5.69 Å². The van der Waals surface area contributed by atoms with Crippen LogP contribution in [0.3, 0.4) is 0 Å². The van der Waals surface area contributed by atoms with Gasteiger partial charge in [0.1, 0.15) is 5.75 Å². The molecule has 0 aliphatic rings. The van der Waals surface area contributed by atoms with Crippen LogP contribution >= 0.6 is 23.4 Å². The van der Waals surface area contributed by atoms with Gasteiger partial charge in [-0.25, -0.2) is 0 Å². The maximum Gasteiger partial charge on any atom is 0.234 e. The summed E-state index contributed by atoms with van der Waals surface area (Å²) in [5.41, 5.74) is 3.80. The molecule has 1 amide bonds. The molecule has 0 saturated heterocycles. The number of hydrogen-bond donors (Lipinski definition) is 1. The van der Waals surface area contributed by atoms with Crippen molar-refractivity contribution in [2.24, 2.45) is 0 Å². The Labute approximate surface area is 221 Å². The second kappa shape index (κ2) is 11.6. The molecule has 36 heavy (non-hydrogen) atoms. The van der Waals surface area contributed by atoms with Crippen molar-refractivity contribution < 1.29 is 9.53 Å². The van der Waals surface area contributed by atoms with Crippen molar-refractivity contribution in [1.82, 2.24) is 14.8 Å². The third-order valence-corrected chi connectivity index (χ3v) is 6.85. The van der Waals surface area contributed by atoms with E-state index in [9.17, 15) is 4.79 Å². The molecular formula is C28H29ClN4O2S. The molecule has 0 radical (unpaired) electrons. The number of aryl methyl sites for hydroxylation is 1. The number of para-hydroxylation sites is 1. The summed E-state index contributed by atoms with van der Waals surface area (Å²) >= 11 is 7.35. The van der Waals surface area contributed by atoms with Crippen LogP contribution in [0.25, 0.3) is 5.69 Å². The van der Waals surface area contributed by atoms with Gasteiger partial charge in [0.25, 0.3) is 0 Å². The van der Waals surface area contributed by atoms with E-state index in [0.29, 0.717) is 21.9 Å². The zero-order valence-electron chi connectivity index (χ0n) is 20.7. The third-order valence-electron chi connectivity index (χ3n) is 5.69. The second-order valence-corrected chi connectivity index (χ2v) is 10.2. The molecule has 1 N–H and O–H groups in total. The number of aromatic nitrogens is 3. The molecule has 4 rings (SSSR count). The van der Waals surface area contributed by atoms with E-state index in [2.05, 4.69) is 41.5 Å². The van der Waals surface area contributed by atoms with E-state index in [1.807, 2.05) is 66.9 Å². The van der Waals surface area contributed by atoms with Crippen molar-refractivity contribution >= 4 is 35.0 Å². The summed E-state index contributed by atoms with van der Waals surface area (Å²) in [5, 5.41) is 13.0. The minimum atomic E-state index is -0.359. The van der Waals surface area contributed by atoms with E-state index in [1.54, 1.807) is 12.1 Å². The van der Waals surface area contributed by atoms with E-state index in [-0.39, 0.29) is 17.8 Å². The number of nitrogens with zero attached hydrogens (tertiary/aromatic N) is 3. The molecule has 0 spiro atoms. The molecule has 8 heteroatoms. The smallest absolute Gasteiger partial charge is 0.234 e. The van der Waals surface area contributed by atoms with Gasteiger partial charge in [-0.1, -0.05) is 67.5 Å². The molecule has 1 unspecified atom stereocenters. The Kier molecular flexibility index (Phi) is 8.33. The molecule has 4 aromatic rings. The summed E-state index contributed by atoms with van der Waals surface area (Å²) < 4.78 is 8.16. The van der Waals surface area contributed by atoms with Crippen molar-refractivity contribution in [2.45, 2.75) is 44.9 Å². The molecule has 3 aromatic carbocycles. The molecule has 1 aromatic heterocycles. The largest absolute Gasteiger partial charge is 0.483 e. The topological polar surface area (TPSA) is 69.0 Å². The highest BCUT2D eigenvalue weighted by Gasteiger charge is 2.22. The van der Waals surface area contributed by atoms with Crippen LogP contribution in [0.1, 0.15) is 49.7 Å². The highest BCUT2D eigenvalue weighted by atomic mass is 35.5. The highest BCUT2D eigenvalue weighted by molar-refractivity contribution is 7.99. The first kappa shape index (κ1) is 25.8. The summed E-state index contributed by atoms with van der Waals surface area (Å²) in [5.74, 6) is 1.92. The second-order valence-electron chi connectivity index (χ2n) is 8.79. The molecule has 0 bridgehead atoms. The van der Waals surface area contributed by atoms with Gasteiger partial charge in [-0.05, 0) is 73.4 Å². The van der Waals surface area contributed by atoms with E-state index >= 15 is 0 Å².